The number of ether oxygens (including phenoxy) is 1. The third-order valence-electron chi connectivity index (χ3n) is 3.26. The molecule has 16 heavy (non-hydrogen) atoms. The molecule has 1 fully saturated rings. The van der Waals surface area contributed by atoms with Gasteiger partial charge in [-0.1, -0.05) is 13.3 Å². The molecular formula is C13H21O3+. The standard InChI is InChI=1S/C13H21O3/c1-3-4-5-6-11-10(7-8-12(11)14)9-13(15)16-2/h10H,3-9H2,1-2H3/q+1. The molecule has 0 aromatic heterocycles. The molecule has 1 atom stereocenters. The Morgan fingerprint density at radius 3 is 2.88 bits per heavy atom. The van der Waals surface area contributed by atoms with Crippen LogP contribution in [-0.2, 0) is 14.3 Å². The third-order valence-corrected chi connectivity index (χ3v) is 3.26. The lowest BCUT2D eigenvalue weighted by Gasteiger charge is -2.07. The summed E-state index contributed by atoms with van der Waals surface area (Å²) in [7, 11) is 1.40. The van der Waals surface area contributed by atoms with Crippen LogP contribution in [0.5, 0.6) is 0 Å². The van der Waals surface area contributed by atoms with Crippen LogP contribution in [0.25, 0.3) is 0 Å². The highest BCUT2D eigenvalue weighted by atomic mass is 16.5. The summed E-state index contributed by atoms with van der Waals surface area (Å²) in [6.07, 6.45) is 6.07. The molecule has 0 heterocycles. The monoisotopic (exact) mass is 225 g/mol. The van der Waals surface area contributed by atoms with Gasteiger partial charge in [-0.3, -0.25) is 4.79 Å². The zero-order valence-electron chi connectivity index (χ0n) is 10.3. The lowest BCUT2D eigenvalue weighted by Crippen LogP contribution is -2.16. The van der Waals surface area contributed by atoms with Crippen LogP contribution in [0.1, 0.15) is 51.9 Å². The number of rotatable bonds is 6. The number of carbonyl (C=O) groups excluding carboxylic acids is 2. The predicted octanol–water partition coefficient (Wildman–Crippen LogP) is 2.68. The highest BCUT2D eigenvalue weighted by molar-refractivity contribution is 5.95. The molecule has 0 amide bonds. The summed E-state index contributed by atoms with van der Waals surface area (Å²) in [5.41, 5.74) is 0. The Bertz CT molecular complexity index is 248. The summed E-state index contributed by atoms with van der Waals surface area (Å²) in [6, 6.07) is 0. The van der Waals surface area contributed by atoms with E-state index in [1.165, 1.54) is 7.11 Å². The average Bonchev–Trinajstić information content (AvgIpc) is 2.61. The Balaban J connectivity index is 2.42. The zero-order chi connectivity index (χ0) is 12.0. The lowest BCUT2D eigenvalue weighted by molar-refractivity contribution is -0.141. The Morgan fingerprint density at radius 2 is 2.25 bits per heavy atom. The number of ketones is 1. The Kier molecular flexibility index (Phi) is 5.36. The largest absolute Gasteiger partial charge is 0.469 e. The van der Waals surface area contributed by atoms with Crippen molar-refractivity contribution in [3.8, 4) is 0 Å². The molecule has 1 saturated carbocycles. The van der Waals surface area contributed by atoms with Gasteiger partial charge in [0, 0.05) is 6.42 Å². The van der Waals surface area contributed by atoms with Crippen molar-refractivity contribution in [2.75, 3.05) is 7.11 Å². The van der Waals surface area contributed by atoms with Gasteiger partial charge in [0.15, 0.2) is 5.92 Å². The van der Waals surface area contributed by atoms with Gasteiger partial charge >= 0.3 is 11.8 Å². The highest BCUT2D eigenvalue weighted by Gasteiger charge is 2.46. The number of hydrogen-bond acceptors (Lipinski definition) is 3. The van der Waals surface area contributed by atoms with Crippen LogP contribution in [0.3, 0.4) is 0 Å². The first-order valence-corrected chi connectivity index (χ1v) is 6.14. The van der Waals surface area contributed by atoms with E-state index in [0.29, 0.717) is 12.8 Å². The van der Waals surface area contributed by atoms with Crippen molar-refractivity contribution in [2.24, 2.45) is 5.92 Å². The van der Waals surface area contributed by atoms with Crippen molar-refractivity contribution in [2.45, 2.75) is 51.9 Å². The van der Waals surface area contributed by atoms with Crippen LogP contribution in [0.4, 0.5) is 0 Å². The average molecular weight is 225 g/mol. The summed E-state index contributed by atoms with van der Waals surface area (Å²) in [5, 5.41) is 0. The zero-order valence-corrected chi connectivity index (χ0v) is 10.3. The van der Waals surface area contributed by atoms with Gasteiger partial charge in [-0.25, -0.2) is 4.79 Å². The molecule has 0 aliphatic heterocycles. The Hall–Kier alpha value is -0.990. The molecule has 0 N–H and O–H groups in total. The molecule has 0 saturated heterocycles. The van der Waals surface area contributed by atoms with E-state index < -0.39 is 0 Å². The third kappa shape index (κ3) is 3.54. The van der Waals surface area contributed by atoms with Crippen molar-refractivity contribution in [3.63, 3.8) is 0 Å². The van der Waals surface area contributed by atoms with Gasteiger partial charge in [-0.15, -0.1) is 0 Å². The maximum Gasteiger partial charge on any atom is 0.310 e. The second kappa shape index (κ2) is 6.56. The van der Waals surface area contributed by atoms with Gasteiger partial charge in [0.05, 0.1) is 26.4 Å². The minimum atomic E-state index is -0.201. The highest BCUT2D eigenvalue weighted by Crippen LogP contribution is 2.36. The molecule has 1 aliphatic rings. The summed E-state index contributed by atoms with van der Waals surface area (Å²) >= 11 is 0. The molecule has 0 bridgehead atoms. The first kappa shape index (κ1) is 13.1. The van der Waals surface area contributed by atoms with Crippen LogP contribution < -0.4 is 0 Å². The molecule has 3 nitrogen and oxygen atoms in total. The minimum Gasteiger partial charge on any atom is -0.469 e. The Morgan fingerprint density at radius 1 is 1.50 bits per heavy atom. The molecule has 1 aliphatic carbocycles. The molecule has 90 valence electrons. The molecule has 3 heteroatoms. The normalized spacial score (nSPS) is 20.2. The molecule has 1 rings (SSSR count). The summed E-state index contributed by atoms with van der Waals surface area (Å²) in [6.45, 7) is 2.15. The van der Waals surface area contributed by atoms with Gasteiger partial charge in [0.2, 0.25) is 0 Å². The number of carbonyl (C=O) groups is 2. The smallest absolute Gasteiger partial charge is 0.310 e. The lowest BCUT2D eigenvalue weighted by atomic mass is 9.88. The molecular weight excluding hydrogens is 204 g/mol. The van der Waals surface area contributed by atoms with Crippen molar-refractivity contribution >= 4 is 11.8 Å². The topological polar surface area (TPSA) is 43.4 Å². The van der Waals surface area contributed by atoms with Crippen LogP contribution >= 0.6 is 0 Å². The van der Waals surface area contributed by atoms with Gasteiger partial charge in [0.25, 0.3) is 0 Å². The Labute approximate surface area is 97.5 Å². The molecule has 0 spiro atoms. The van der Waals surface area contributed by atoms with Crippen LogP contribution in [0.2, 0.25) is 0 Å². The second-order valence-corrected chi connectivity index (χ2v) is 4.42. The number of Topliss-reactive ketones (excluding diaryl/α,β-unsaturated/α-hetero) is 1. The van der Waals surface area contributed by atoms with E-state index in [1.54, 1.807) is 0 Å². The van der Waals surface area contributed by atoms with E-state index in [0.717, 1.165) is 38.0 Å². The first-order chi connectivity index (χ1) is 7.69. The van der Waals surface area contributed by atoms with E-state index in [-0.39, 0.29) is 17.7 Å². The van der Waals surface area contributed by atoms with E-state index in [2.05, 4.69) is 11.7 Å². The van der Waals surface area contributed by atoms with E-state index in [4.69, 9.17) is 0 Å². The molecule has 0 aromatic carbocycles. The predicted molar refractivity (Wildman–Crippen MR) is 61.7 cm³/mol. The first-order valence-electron chi connectivity index (χ1n) is 6.14. The maximum atomic E-state index is 11.7. The van der Waals surface area contributed by atoms with Gasteiger partial charge in [0.1, 0.15) is 5.92 Å². The summed E-state index contributed by atoms with van der Waals surface area (Å²) in [4.78, 5) is 22.9. The van der Waals surface area contributed by atoms with Crippen LogP contribution in [-0.4, -0.2) is 18.9 Å². The minimum absolute atomic E-state index is 0.150. The fourth-order valence-corrected chi connectivity index (χ4v) is 2.29. The van der Waals surface area contributed by atoms with E-state index in [1.807, 2.05) is 0 Å². The van der Waals surface area contributed by atoms with Gasteiger partial charge in [-0.2, -0.15) is 0 Å². The molecule has 0 radical (unpaired) electrons. The van der Waals surface area contributed by atoms with Crippen molar-refractivity contribution < 1.29 is 14.3 Å². The fourth-order valence-electron chi connectivity index (χ4n) is 2.29. The van der Waals surface area contributed by atoms with Gasteiger partial charge in [-0.05, 0) is 12.8 Å². The van der Waals surface area contributed by atoms with Crippen molar-refractivity contribution in [1.82, 2.24) is 0 Å². The number of methoxy groups -OCH3 is 1. The van der Waals surface area contributed by atoms with Crippen LogP contribution in [0.15, 0.2) is 0 Å². The SMILES string of the molecule is CCCCC[C+]1C(=O)CCC1CC(=O)OC. The number of esters is 1. The van der Waals surface area contributed by atoms with E-state index >= 15 is 0 Å². The quantitative estimate of drug-likeness (QED) is 0.396. The number of hydrogen-bond donors (Lipinski definition) is 0. The molecule has 0 aromatic rings. The second-order valence-electron chi connectivity index (χ2n) is 4.42. The summed E-state index contributed by atoms with van der Waals surface area (Å²) in [5.74, 6) is 1.20. The van der Waals surface area contributed by atoms with E-state index in [9.17, 15) is 9.59 Å². The van der Waals surface area contributed by atoms with Crippen molar-refractivity contribution in [1.29, 1.82) is 0 Å². The molecule has 1 unspecified atom stereocenters. The van der Waals surface area contributed by atoms with Gasteiger partial charge < -0.3 is 4.74 Å². The van der Waals surface area contributed by atoms with Crippen LogP contribution in [0, 0.1) is 11.8 Å². The fraction of sp³-hybridized carbons (Fsp3) is 0.769. The maximum absolute atomic E-state index is 11.7. The van der Waals surface area contributed by atoms with Crippen molar-refractivity contribution in [3.05, 3.63) is 5.92 Å². The number of unbranched alkanes of at least 4 members (excludes halogenated alkanes) is 2. The summed E-state index contributed by atoms with van der Waals surface area (Å²) < 4.78 is 4.66.